The second-order valence-electron chi connectivity index (χ2n) is 5.78. The molecule has 0 spiro atoms. The number of rotatable bonds is 2. The van der Waals surface area contributed by atoms with Crippen molar-refractivity contribution in [2.24, 2.45) is 11.8 Å². The molecule has 2 N–H and O–H groups in total. The van der Waals surface area contributed by atoms with Gasteiger partial charge < -0.3 is 10.4 Å². The van der Waals surface area contributed by atoms with Gasteiger partial charge in [0.15, 0.2) is 0 Å². The van der Waals surface area contributed by atoms with Crippen LogP contribution in [0.15, 0.2) is 18.2 Å². The topological polar surface area (TPSA) is 86.7 Å². The SMILES string of the molecule is O=C(O)C1CCC2C(=O)N(c3ccc(Cl)c(Cl)c3)C(=O)NC2C1. The van der Waals surface area contributed by atoms with Crippen LogP contribution in [0.4, 0.5) is 10.5 Å². The molecule has 2 aliphatic rings. The van der Waals surface area contributed by atoms with Crippen LogP contribution >= 0.6 is 23.2 Å². The van der Waals surface area contributed by atoms with E-state index in [4.69, 9.17) is 28.3 Å². The minimum absolute atomic E-state index is 0.251. The standard InChI is InChI=1S/C15H14Cl2N2O4/c16-10-4-2-8(6-11(10)17)19-13(20)9-3-1-7(14(21)22)5-12(9)18-15(19)23/h2,4,6-7,9,12H,1,3,5H2,(H,18,23)(H,21,22). The Labute approximate surface area is 142 Å². The lowest BCUT2D eigenvalue weighted by Crippen LogP contribution is -2.62. The number of halogens is 2. The summed E-state index contributed by atoms with van der Waals surface area (Å²) in [5, 5.41) is 12.4. The van der Waals surface area contributed by atoms with Gasteiger partial charge >= 0.3 is 12.0 Å². The lowest BCUT2D eigenvalue weighted by atomic mass is 9.76. The molecule has 8 heteroatoms. The summed E-state index contributed by atoms with van der Waals surface area (Å²) < 4.78 is 0. The van der Waals surface area contributed by atoms with Crippen molar-refractivity contribution in [2.75, 3.05) is 4.90 Å². The van der Waals surface area contributed by atoms with Gasteiger partial charge in [0.1, 0.15) is 0 Å². The van der Waals surface area contributed by atoms with Gasteiger partial charge in [0.25, 0.3) is 0 Å². The molecule has 6 nitrogen and oxygen atoms in total. The fourth-order valence-corrected chi connectivity index (χ4v) is 3.50. The minimum Gasteiger partial charge on any atom is -0.481 e. The van der Waals surface area contributed by atoms with E-state index in [1.54, 1.807) is 6.07 Å². The van der Waals surface area contributed by atoms with Crippen LogP contribution in [0, 0.1) is 11.8 Å². The van der Waals surface area contributed by atoms with E-state index in [9.17, 15) is 14.4 Å². The Hall–Kier alpha value is -1.79. The number of hydrogen-bond donors (Lipinski definition) is 2. The quantitative estimate of drug-likeness (QED) is 0.852. The van der Waals surface area contributed by atoms with E-state index in [1.807, 2.05) is 0 Å². The molecule has 3 atom stereocenters. The number of carboxylic acids is 1. The lowest BCUT2D eigenvalue weighted by Gasteiger charge is -2.41. The predicted molar refractivity (Wildman–Crippen MR) is 84.7 cm³/mol. The summed E-state index contributed by atoms with van der Waals surface area (Å²) in [4.78, 5) is 37.1. The van der Waals surface area contributed by atoms with Crippen LogP contribution in [0.1, 0.15) is 19.3 Å². The van der Waals surface area contributed by atoms with Gasteiger partial charge in [-0.3, -0.25) is 9.59 Å². The number of carbonyl (C=O) groups excluding carboxylic acids is 2. The average molecular weight is 357 g/mol. The number of imide groups is 1. The summed E-state index contributed by atoms with van der Waals surface area (Å²) in [6.07, 6.45) is 1.12. The summed E-state index contributed by atoms with van der Waals surface area (Å²) in [7, 11) is 0. The molecule has 1 heterocycles. The lowest BCUT2D eigenvalue weighted by molar-refractivity contribution is -0.144. The third-order valence-corrected chi connectivity index (χ3v) is 5.15. The normalized spacial score (nSPS) is 27.4. The highest BCUT2D eigenvalue weighted by atomic mass is 35.5. The van der Waals surface area contributed by atoms with Crippen molar-refractivity contribution in [2.45, 2.75) is 25.3 Å². The fraction of sp³-hybridized carbons (Fsp3) is 0.400. The number of aliphatic carboxylic acids is 1. The molecule has 3 unspecified atom stereocenters. The maximum atomic E-state index is 12.7. The molecule has 1 aliphatic heterocycles. The van der Waals surface area contributed by atoms with Crippen LogP contribution in [0.25, 0.3) is 0 Å². The maximum absolute atomic E-state index is 12.7. The smallest absolute Gasteiger partial charge is 0.328 e. The maximum Gasteiger partial charge on any atom is 0.328 e. The fourth-order valence-electron chi connectivity index (χ4n) is 3.21. The van der Waals surface area contributed by atoms with Gasteiger partial charge in [-0.25, -0.2) is 9.69 Å². The Kier molecular flexibility index (Phi) is 4.21. The molecule has 3 rings (SSSR count). The monoisotopic (exact) mass is 356 g/mol. The number of urea groups is 1. The van der Waals surface area contributed by atoms with E-state index in [0.717, 1.165) is 4.90 Å². The molecule has 3 amide bonds. The van der Waals surface area contributed by atoms with Gasteiger partial charge in [0, 0.05) is 6.04 Å². The zero-order valence-electron chi connectivity index (χ0n) is 12.0. The Bertz CT molecular complexity index is 694. The van der Waals surface area contributed by atoms with E-state index in [0.29, 0.717) is 23.6 Å². The zero-order chi connectivity index (χ0) is 16.7. The summed E-state index contributed by atoms with van der Waals surface area (Å²) in [6.45, 7) is 0. The zero-order valence-corrected chi connectivity index (χ0v) is 13.5. The summed E-state index contributed by atoms with van der Waals surface area (Å²) in [5.74, 6) is -2.17. The Morgan fingerprint density at radius 1 is 1.22 bits per heavy atom. The van der Waals surface area contributed by atoms with E-state index < -0.39 is 29.9 Å². The third-order valence-electron chi connectivity index (χ3n) is 4.41. The van der Waals surface area contributed by atoms with Crippen molar-refractivity contribution in [1.29, 1.82) is 0 Å². The Balaban J connectivity index is 1.86. The van der Waals surface area contributed by atoms with Gasteiger partial charge in [-0.05, 0) is 37.5 Å². The van der Waals surface area contributed by atoms with Gasteiger partial charge in [-0.1, -0.05) is 23.2 Å². The number of carbonyl (C=O) groups is 3. The second kappa shape index (κ2) is 6.02. The first-order valence-corrected chi connectivity index (χ1v) is 7.96. The highest BCUT2D eigenvalue weighted by Crippen LogP contribution is 2.36. The molecule has 0 bridgehead atoms. The highest BCUT2D eigenvalue weighted by molar-refractivity contribution is 6.42. The van der Waals surface area contributed by atoms with E-state index in [2.05, 4.69) is 5.32 Å². The largest absolute Gasteiger partial charge is 0.481 e. The van der Waals surface area contributed by atoms with Crippen LogP contribution < -0.4 is 10.2 Å². The number of carboxylic acid groups (broad SMARTS) is 1. The summed E-state index contributed by atoms with van der Waals surface area (Å²) >= 11 is 11.8. The second-order valence-corrected chi connectivity index (χ2v) is 6.60. The molecule has 23 heavy (non-hydrogen) atoms. The third kappa shape index (κ3) is 2.88. The molecule has 1 saturated heterocycles. The van der Waals surface area contributed by atoms with E-state index in [-0.39, 0.29) is 17.4 Å². The van der Waals surface area contributed by atoms with Crippen LogP contribution in [-0.2, 0) is 9.59 Å². The van der Waals surface area contributed by atoms with E-state index >= 15 is 0 Å². The Morgan fingerprint density at radius 3 is 2.61 bits per heavy atom. The molecule has 122 valence electrons. The van der Waals surface area contributed by atoms with E-state index in [1.165, 1.54) is 12.1 Å². The Morgan fingerprint density at radius 2 is 1.96 bits per heavy atom. The molecule has 1 saturated carbocycles. The van der Waals surface area contributed by atoms with Crippen molar-refractivity contribution in [1.82, 2.24) is 5.32 Å². The van der Waals surface area contributed by atoms with Crippen molar-refractivity contribution in [3.05, 3.63) is 28.2 Å². The van der Waals surface area contributed by atoms with Crippen molar-refractivity contribution in [3.63, 3.8) is 0 Å². The van der Waals surface area contributed by atoms with Crippen molar-refractivity contribution < 1.29 is 19.5 Å². The van der Waals surface area contributed by atoms with Gasteiger partial charge in [0.2, 0.25) is 5.91 Å². The van der Waals surface area contributed by atoms with Gasteiger partial charge in [-0.2, -0.15) is 0 Å². The summed E-state index contributed by atoms with van der Waals surface area (Å²) in [5.41, 5.74) is 0.348. The molecular weight excluding hydrogens is 343 g/mol. The number of fused-ring (bicyclic) bond motifs is 1. The predicted octanol–water partition coefficient (Wildman–Crippen LogP) is 2.92. The first-order chi connectivity index (χ1) is 10.9. The number of amides is 3. The first kappa shape index (κ1) is 16.1. The molecule has 1 aliphatic carbocycles. The number of nitrogens with zero attached hydrogens (tertiary/aromatic N) is 1. The summed E-state index contributed by atoms with van der Waals surface area (Å²) in [6, 6.07) is 3.52. The van der Waals surface area contributed by atoms with Crippen molar-refractivity contribution >= 4 is 46.8 Å². The van der Waals surface area contributed by atoms with Gasteiger partial charge in [-0.15, -0.1) is 0 Å². The van der Waals surface area contributed by atoms with Crippen LogP contribution in [0.5, 0.6) is 0 Å². The van der Waals surface area contributed by atoms with Crippen LogP contribution in [0.2, 0.25) is 10.0 Å². The molecule has 0 radical (unpaired) electrons. The highest BCUT2D eigenvalue weighted by Gasteiger charge is 2.46. The van der Waals surface area contributed by atoms with Crippen LogP contribution in [-0.4, -0.2) is 29.1 Å². The van der Waals surface area contributed by atoms with Crippen molar-refractivity contribution in [3.8, 4) is 0 Å². The number of nitrogens with one attached hydrogen (secondary N) is 1. The molecule has 1 aromatic carbocycles. The number of hydrogen-bond acceptors (Lipinski definition) is 3. The molecule has 1 aromatic rings. The molecular formula is C15H14Cl2N2O4. The number of benzene rings is 1. The molecule has 0 aromatic heterocycles. The number of anilines is 1. The average Bonchev–Trinajstić information content (AvgIpc) is 2.50. The van der Waals surface area contributed by atoms with Crippen LogP contribution in [0.3, 0.4) is 0 Å². The minimum atomic E-state index is -0.892. The first-order valence-electron chi connectivity index (χ1n) is 7.21. The molecule has 2 fully saturated rings. The van der Waals surface area contributed by atoms with Gasteiger partial charge in [0.05, 0.1) is 27.6 Å².